The lowest BCUT2D eigenvalue weighted by atomic mass is 9.78. The molecular formula is C22H23F3N2OS. The first-order valence-corrected chi connectivity index (χ1v) is 10.8. The molecule has 1 amide bonds. The van der Waals surface area contributed by atoms with Gasteiger partial charge in [0, 0.05) is 23.6 Å². The molecule has 3 N–H and O–H groups in total. The first-order chi connectivity index (χ1) is 13.9. The van der Waals surface area contributed by atoms with E-state index in [0.717, 1.165) is 47.9 Å². The van der Waals surface area contributed by atoms with Crippen molar-refractivity contribution in [3.05, 3.63) is 59.4 Å². The van der Waals surface area contributed by atoms with E-state index in [0.29, 0.717) is 23.2 Å². The Hall–Kier alpha value is -2.41. The Kier molecular flexibility index (Phi) is 6.90. The van der Waals surface area contributed by atoms with Crippen molar-refractivity contribution in [2.45, 2.75) is 31.6 Å². The average Bonchev–Trinajstić information content (AvgIpc) is 2.99. The van der Waals surface area contributed by atoms with E-state index in [1.807, 2.05) is 6.26 Å². The fourth-order valence-corrected chi connectivity index (χ4v) is 3.81. The number of H-pyrrole nitrogens is 1. The molecule has 0 saturated heterocycles. The van der Waals surface area contributed by atoms with Crippen LogP contribution < -0.4 is 5.73 Å². The van der Waals surface area contributed by atoms with Gasteiger partial charge in [0.15, 0.2) is 0 Å². The number of benzene rings is 2. The van der Waals surface area contributed by atoms with Gasteiger partial charge in [-0.3, -0.25) is 4.79 Å². The van der Waals surface area contributed by atoms with Crippen molar-refractivity contribution in [2.24, 2.45) is 5.73 Å². The number of thioether (sulfide) groups is 1. The minimum atomic E-state index is -0.594. The molecule has 0 unspecified atom stereocenters. The maximum Gasteiger partial charge on any atom is 0.218 e. The number of carbonyl (C=O) groups excluding carboxylic acids is 1. The van der Waals surface area contributed by atoms with Crippen molar-refractivity contribution in [3.63, 3.8) is 0 Å². The Bertz CT molecular complexity index is 997. The molecule has 1 heterocycles. The van der Waals surface area contributed by atoms with E-state index in [1.165, 1.54) is 18.2 Å². The number of hydrogen-bond acceptors (Lipinski definition) is 2. The Morgan fingerprint density at radius 1 is 1.14 bits per heavy atom. The summed E-state index contributed by atoms with van der Waals surface area (Å²) < 4.78 is 40.8. The van der Waals surface area contributed by atoms with Gasteiger partial charge in [-0.1, -0.05) is 6.42 Å². The third kappa shape index (κ3) is 4.96. The van der Waals surface area contributed by atoms with Gasteiger partial charge in [-0.15, -0.1) is 0 Å². The molecule has 0 atom stereocenters. The highest BCUT2D eigenvalue weighted by molar-refractivity contribution is 7.98. The van der Waals surface area contributed by atoms with Gasteiger partial charge in [-0.2, -0.15) is 11.8 Å². The maximum absolute atomic E-state index is 14.1. The minimum absolute atomic E-state index is 0.214. The van der Waals surface area contributed by atoms with Crippen molar-refractivity contribution in [1.29, 1.82) is 0 Å². The molecule has 3 aromatic rings. The second-order valence-corrected chi connectivity index (χ2v) is 8.05. The predicted molar refractivity (Wildman–Crippen MR) is 112 cm³/mol. The van der Waals surface area contributed by atoms with Gasteiger partial charge in [0.05, 0.1) is 11.2 Å². The lowest BCUT2D eigenvalue weighted by Crippen LogP contribution is -2.10. The van der Waals surface area contributed by atoms with Crippen LogP contribution in [0.1, 0.15) is 37.2 Å². The summed E-state index contributed by atoms with van der Waals surface area (Å²) in [6, 6.07) is 8.35. The van der Waals surface area contributed by atoms with E-state index < -0.39 is 11.6 Å². The number of rotatable bonds is 5. The molecule has 29 heavy (non-hydrogen) atoms. The van der Waals surface area contributed by atoms with Crippen molar-refractivity contribution in [1.82, 2.24) is 4.98 Å². The highest BCUT2D eigenvalue weighted by atomic mass is 32.2. The van der Waals surface area contributed by atoms with Gasteiger partial charge in [-0.05, 0) is 66.5 Å². The Morgan fingerprint density at radius 2 is 1.83 bits per heavy atom. The molecule has 3 nitrogen and oxygen atoms in total. The largest absolute Gasteiger partial charge is 0.370 e. The van der Waals surface area contributed by atoms with E-state index >= 15 is 0 Å². The van der Waals surface area contributed by atoms with Crippen LogP contribution in [0.15, 0.2) is 36.4 Å². The van der Waals surface area contributed by atoms with Gasteiger partial charge in [0.25, 0.3) is 0 Å². The molecule has 2 aromatic carbocycles. The van der Waals surface area contributed by atoms with Crippen molar-refractivity contribution in [2.75, 3.05) is 12.0 Å². The molecule has 7 heteroatoms. The molecule has 0 spiro atoms. The number of halogens is 3. The fourth-order valence-electron chi connectivity index (χ4n) is 3.41. The highest BCUT2D eigenvalue weighted by Gasteiger charge is 2.27. The number of primary amides is 1. The monoisotopic (exact) mass is 420 g/mol. The molecule has 0 aliphatic heterocycles. The lowest BCUT2D eigenvalue weighted by Gasteiger charge is -2.26. The van der Waals surface area contributed by atoms with Crippen LogP contribution in [0.4, 0.5) is 13.2 Å². The molecule has 0 radical (unpaired) electrons. The normalized spacial score (nSPS) is 13.7. The van der Waals surface area contributed by atoms with E-state index in [-0.39, 0.29) is 11.7 Å². The summed E-state index contributed by atoms with van der Waals surface area (Å²) >= 11 is 1.63. The third-order valence-corrected chi connectivity index (χ3v) is 5.68. The summed E-state index contributed by atoms with van der Waals surface area (Å²) in [7, 11) is 0. The summed E-state index contributed by atoms with van der Waals surface area (Å²) in [5.74, 6) is -0.555. The van der Waals surface area contributed by atoms with E-state index in [2.05, 4.69) is 4.98 Å². The Labute approximate surface area is 171 Å². The van der Waals surface area contributed by atoms with Gasteiger partial charge in [-0.25, -0.2) is 13.2 Å². The summed E-state index contributed by atoms with van der Waals surface area (Å²) in [5.41, 5.74) is 7.66. The predicted octanol–water partition coefficient (Wildman–Crippen LogP) is 5.74. The quantitative estimate of drug-likeness (QED) is 0.553. The molecule has 4 rings (SSSR count). The van der Waals surface area contributed by atoms with Gasteiger partial charge in [0.2, 0.25) is 5.91 Å². The second kappa shape index (κ2) is 9.39. The molecular weight excluding hydrogens is 397 g/mol. The standard InChI is InChI=1S/C18H14F3N.C4H9NOS/c19-12-6-4-11(5-7-12)17-16(10-2-1-3-10)14-8-13(20)9-15(21)18(14)22-17;1-7-3-2-4(5)6/h4-10,22H,1-3H2;2-3H2,1H3,(H2,5,6). The van der Waals surface area contributed by atoms with Crippen LogP contribution in [0.25, 0.3) is 22.2 Å². The third-order valence-electron chi connectivity index (χ3n) is 5.06. The van der Waals surface area contributed by atoms with E-state index in [1.54, 1.807) is 23.9 Å². The minimum Gasteiger partial charge on any atom is -0.370 e. The van der Waals surface area contributed by atoms with Crippen LogP contribution in [0.2, 0.25) is 0 Å². The number of fused-ring (bicyclic) bond motifs is 1. The van der Waals surface area contributed by atoms with Gasteiger partial charge < -0.3 is 10.7 Å². The summed E-state index contributed by atoms with van der Waals surface area (Å²) in [6.07, 6.45) is 5.60. The van der Waals surface area contributed by atoms with E-state index in [9.17, 15) is 18.0 Å². The van der Waals surface area contributed by atoms with Crippen LogP contribution >= 0.6 is 11.8 Å². The van der Waals surface area contributed by atoms with Crippen LogP contribution in [0.3, 0.4) is 0 Å². The molecule has 1 aromatic heterocycles. The Morgan fingerprint density at radius 3 is 2.34 bits per heavy atom. The zero-order chi connectivity index (χ0) is 21.0. The van der Waals surface area contributed by atoms with Crippen LogP contribution in [0, 0.1) is 17.5 Å². The molecule has 154 valence electrons. The number of hydrogen-bond donors (Lipinski definition) is 2. The van der Waals surface area contributed by atoms with Crippen LogP contribution in [-0.4, -0.2) is 22.9 Å². The SMILES string of the molecule is CSCCC(N)=O.Fc1ccc(-c2[nH]c3c(F)cc(F)cc3c2C2CCC2)cc1. The zero-order valence-corrected chi connectivity index (χ0v) is 16.9. The topological polar surface area (TPSA) is 58.9 Å². The van der Waals surface area contributed by atoms with Gasteiger partial charge in [0.1, 0.15) is 17.5 Å². The smallest absolute Gasteiger partial charge is 0.218 e. The number of aromatic amines is 1. The summed E-state index contributed by atoms with van der Waals surface area (Å²) in [6.45, 7) is 0. The maximum atomic E-state index is 14.1. The van der Waals surface area contributed by atoms with Crippen LogP contribution in [0.5, 0.6) is 0 Å². The number of nitrogens with two attached hydrogens (primary N) is 1. The average molecular weight is 421 g/mol. The molecule has 0 bridgehead atoms. The molecule has 1 aliphatic rings. The fraction of sp³-hybridized carbons (Fsp3) is 0.318. The van der Waals surface area contributed by atoms with E-state index in [4.69, 9.17) is 5.73 Å². The van der Waals surface area contributed by atoms with Gasteiger partial charge >= 0.3 is 0 Å². The van der Waals surface area contributed by atoms with Crippen molar-refractivity contribution < 1.29 is 18.0 Å². The highest BCUT2D eigenvalue weighted by Crippen LogP contribution is 2.45. The lowest BCUT2D eigenvalue weighted by molar-refractivity contribution is -0.117. The summed E-state index contributed by atoms with van der Waals surface area (Å²) in [4.78, 5) is 13.0. The van der Waals surface area contributed by atoms with Crippen LogP contribution in [-0.2, 0) is 4.79 Å². The second-order valence-electron chi connectivity index (χ2n) is 7.07. The summed E-state index contributed by atoms with van der Waals surface area (Å²) in [5, 5.41) is 0.599. The number of amides is 1. The number of carbonyl (C=O) groups is 1. The Balaban J connectivity index is 0.000000298. The molecule has 1 fully saturated rings. The zero-order valence-electron chi connectivity index (χ0n) is 16.1. The number of aromatic nitrogens is 1. The van der Waals surface area contributed by atoms with Crippen molar-refractivity contribution in [3.8, 4) is 11.3 Å². The number of nitrogens with one attached hydrogen (secondary N) is 1. The van der Waals surface area contributed by atoms with Crippen molar-refractivity contribution >= 4 is 28.6 Å². The molecule has 1 saturated carbocycles. The molecule has 1 aliphatic carbocycles. The first-order valence-electron chi connectivity index (χ1n) is 9.44. The first kappa shape index (κ1) is 21.3.